The summed E-state index contributed by atoms with van der Waals surface area (Å²) in [5.74, 6) is 12.7. The van der Waals surface area contributed by atoms with Crippen LogP contribution in [0.15, 0.2) is 67.0 Å². The van der Waals surface area contributed by atoms with Gasteiger partial charge in [-0.1, -0.05) is 62.2 Å². The molecule has 4 aromatic rings. The lowest BCUT2D eigenvalue weighted by atomic mass is 10.0. The Bertz CT molecular complexity index is 2100. The van der Waals surface area contributed by atoms with Gasteiger partial charge in [-0.25, -0.2) is 29.6 Å². The summed E-state index contributed by atoms with van der Waals surface area (Å²) in [7, 11) is 1.27. The van der Waals surface area contributed by atoms with Crippen molar-refractivity contribution in [2.45, 2.75) is 63.7 Å². The van der Waals surface area contributed by atoms with Crippen LogP contribution >= 0.6 is 24.8 Å². The molecule has 294 valence electrons. The molecule has 0 spiro atoms. The van der Waals surface area contributed by atoms with Crippen molar-refractivity contribution < 1.29 is 29.0 Å². The van der Waals surface area contributed by atoms with Crippen LogP contribution in [0.4, 0.5) is 9.59 Å². The van der Waals surface area contributed by atoms with Crippen molar-refractivity contribution >= 4 is 49.2 Å². The molecule has 0 unspecified atom stereocenters. The van der Waals surface area contributed by atoms with Crippen molar-refractivity contribution in [3.8, 4) is 34.9 Å². The molecule has 2 saturated heterocycles. The standard InChI is InChI=1S/C40H42N8O6.2ClH/c1-26(2)35(45-39(51)54-3)38(50)46-21-9-15-32(46)36-41-23-30(43-36)14-8-7-11-27-17-19-28(20-18-27)31-24-42-37(44-31)33-16-10-22-47(33)48(40(52)53)34(25-49)29-12-5-4-6-13-29;;/h4-6,12-13,17-20,23-26,32-35H,9-10,15-16,21-22H2,1-3H3,(H,41,43)(H,42,44)(H,45,51)(H,52,53);2*1H/t32-,33-,34+,35-;;/m0../s1. The highest BCUT2D eigenvalue weighted by Gasteiger charge is 2.40. The number of carbonyl (C=O) groups excluding carboxylic acids is 3. The first kappa shape index (κ1) is 42.9. The van der Waals surface area contributed by atoms with Gasteiger partial charge < -0.3 is 34.8 Å². The number of nitrogens with zero attached hydrogens (tertiary/aromatic N) is 5. The van der Waals surface area contributed by atoms with Crippen LogP contribution in [0.25, 0.3) is 11.3 Å². The molecule has 0 bridgehead atoms. The Morgan fingerprint density at radius 2 is 1.59 bits per heavy atom. The second kappa shape index (κ2) is 19.7. The highest BCUT2D eigenvalue weighted by Crippen LogP contribution is 2.36. The van der Waals surface area contributed by atoms with Crippen molar-refractivity contribution in [3.63, 3.8) is 0 Å². The zero-order valence-corrected chi connectivity index (χ0v) is 32.7. The number of imidazole rings is 2. The minimum Gasteiger partial charge on any atom is -0.464 e. The highest BCUT2D eigenvalue weighted by atomic mass is 35.5. The molecule has 0 aliphatic carbocycles. The normalized spacial score (nSPS) is 17.2. The number of hydrogen-bond donors (Lipinski definition) is 4. The monoisotopic (exact) mass is 802 g/mol. The van der Waals surface area contributed by atoms with Gasteiger partial charge in [-0.3, -0.25) is 4.79 Å². The van der Waals surface area contributed by atoms with Gasteiger partial charge in [0.25, 0.3) is 0 Å². The third-order valence-corrected chi connectivity index (χ3v) is 9.64. The van der Waals surface area contributed by atoms with E-state index >= 15 is 0 Å². The molecule has 2 aromatic carbocycles. The van der Waals surface area contributed by atoms with Crippen molar-refractivity contribution in [1.29, 1.82) is 0 Å². The van der Waals surface area contributed by atoms with E-state index in [-0.39, 0.29) is 48.7 Å². The maximum absolute atomic E-state index is 13.4. The molecule has 3 amide bonds. The number of benzene rings is 2. The first-order valence-corrected chi connectivity index (χ1v) is 17.8. The molecule has 16 heteroatoms. The smallest absolute Gasteiger partial charge is 0.423 e. The Balaban J connectivity index is 0.00000348. The molecule has 56 heavy (non-hydrogen) atoms. The van der Waals surface area contributed by atoms with Gasteiger partial charge in [-0.2, -0.15) is 0 Å². The fourth-order valence-corrected chi connectivity index (χ4v) is 6.95. The predicted octanol–water partition coefficient (Wildman–Crippen LogP) is 6.06. The predicted molar refractivity (Wildman–Crippen MR) is 213 cm³/mol. The van der Waals surface area contributed by atoms with Gasteiger partial charge >= 0.3 is 12.2 Å². The second-order valence-corrected chi connectivity index (χ2v) is 13.4. The largest absolute Gasteiger partial charge is 0.464 e. The molecule has 4 atom stereocenters. The fraction of sp³-hybridized carbons (Fsp3) is 0.350. The molecule has 2 aliphatic rings. The van der Waals surface area contributed by atoms with Crippen molar-refractivity contribution in [3.05, 3.63) is 95.5 Å². The molecule has 6 rings (SSSR count). The summed E-state index contributed by atoms with van der Waals surface area (Å²) in [5, 5.41) is 15.7. The van der Waals surface area contributed by atoms with E-state index in [2.05, 4.69) is 48.9 Å². The number of aldehydes is 1. The zero-order valence-electron chi connectivity index (χ0n) is 31.1. The number of aromatic nitrogens is 4. The number of carboxylic acid groups (broad SMARTS) is 1. The van der Waals surface area contributed by atoms with E-state index in [9.17, 15) is 24.3 Å². The Kier molecular flexibility index (Phi) is 15.1. The van der Waals surface area contributed by atoms with Crippen LogP contribution in [0, 0.1) is 29.6 Å². The van der Waals surface area contributed by atoms with Gasteiger partial charge in [0.05, 0.1) is 37.3 Å². The first-order valence-electron chi connectivity index (χ1n) is 17.8. The summed E-state index contributed by atoms with van der Waals surface area (Å²) in [6.07, 6.45) is 5.13. The SMILES string of the molecule is COC(=O)N[C@H](C(=O)N1CCC[C@H]1c1ncc(C#CC#Cc2ccc(-c3cnc([C@@H]4CCCN4N(C(=O)O)[C@H](C=O)c4ccccc4)[nH]3)cc2)[nH]1)C(C)C.Cl.Cl. The van der Waals surface area contributed by atoms with E-state index in [1.165, 1.54) is 7.11 Å². The molecule has 0 saturated carbocycles. The number of ether oxygens (including phenoxy) is 1. The summed E-state index contributed by atoms with van der Waals surface area (Å²) >= 11 is 0. The molecule has 0 radical (unpaired) electrons. The van der Waals surface area contributed by atoms with Crippen LogP contribution in [-0.2, 0) is 14.3 Å². The number of H-pyrrole nitrogens is 2. The highest BCUT2D eigenvalue weighted by molar-refractivity contribution is 5.86. The number of rotatable bonds is 10. The number of hydrogen-bond acceptors (Lipinski definition) is 8. The molecule has 4 heterocycles. The summed E-state index contributed by atoms with van der Waals surface area (Å²) in [6.45, 7) is 4.78. The second-order valence-electron chi connectivity index (χ2n) is 13.4. The Morgan fingerprint density at radius 3 is 2.27 bits per heavy atom. The molecule has 4 N–H and O–H groups in total. The average Bonchev–Trinajstić information content (AvgIpc) is 4.02. The van der Waals surface area contributed by atoms with Crippen LogP contribution in [0.1, 0.15) is 86.1 Å². The lowest BCUT2D eigenvalue weighted by molar-refractivity contribution is -0.135. The van der Waals surface area contributed by atoms with E-state index in [0.717, 1.165) is 41.1 Å². The fourth-order valence-electron chi connectivity index (χ4n) is 6.95. The Morgan fingerprint density at radius 1 is 0.929 bits per heavy atom. The lowest BCUT2D eigenvalue weighted by Gasteiger charge is -2.36. The Hall–Kier alpha value is -5.80. The van der Waals surface area contributed by atoms with Gasteiger partial charge in [0.2, 0.25) is 5.91 Å². The third-order valence-electron chi connectivity index (χ3n) is 9.64. The van der Waals surface area contributed by atoms with Gasteiger partial charge in [0, 0.05) is 18.7 Å². The molecular weight excluding hydrogens is 759 g/mol. The average molecular weight is 804 g/mol. The van der Waals surface area contributed by atoms with Crippen LogP contribution in [0.3, 0.4) is 0 Å². The zero-order chi connectivity index (χ0) is 38.2. The maximum Gasteiger partial charge on any atom is 0.423 e. The molecule has 14 nitrogen and oxygen atoms in total. The number of carbonyl (C=O) groups is 4. The number of halogens is 2. The minimum absolute atomic E-state index is 0. The van der Waals surface area contributed by atoms with Crippen LogP contribution < -0.4 is 5.32 Å². The molecule has 2 fully saturated rings. The van der Waals surface area contributed by atoms with E-state index in [0.29, 0.717) is 48.7 Å². The van der Waals surface area contributed by atoms with Gasteiger partial charge in [-0.15, -0.1) is 24.8 Å². The number of methoxy groups -OCH3 is 1. The Labute approximate surface area is 337 Å². The van der Waals surface area contributed by atoms with Gasteiger partial charge in [0.1, 0.15) is 35.7 Å². The maximum atomic E-state index is 13.4. The summed E-state index contributed by atoms with van der Waals surface area (Å²) in [5.41, 5.74) is 3.58. The van der Waals surface area contributed by atoms with Gasteiger partial charge in [0.15, 0.2) is 0 Å². The number of hydrazine groups is 1. The van der Waals surface area contributed by atoms with E-state index in [1.54, 1.807) is 46.6 Å². The summed E-state index contributed by atoms with van der Waals surface area (Å²) in [6, 6.07) is 14.2. The lowest BCUT2D eigenvalue weighted by Crippen LogP contribution is -2.51. The van der Waals surface area contributed by atoms with Crippen molar-refractivity contribution in [2.24, 2.45) is 5.92 Å². The van der Waals surface area contributed by atoms with E-state index < -0.39 is 24.3 Å². The van der Waals surface area contributed by atoms with Crippen LogP contribution in [-0.4, -0.2) is 90.6 Å². The number of aromatic amines is 2. The van der Waals surface area contributed by atoms with Crippen molar-refractivity contribution in [2.75, 3.05) is 20.2 Å². The van der Waals surface area contributed by atoms with E-state index in [4.69, 9.17) is 4.74 Å². The molecule has 2 aliphatic heterocycles. The first-order chi connectivity index (χ1) is 26.2. The number of likely N-dealkylation sites (tertiary alicyclic amines) is 1. The van der Waals surface area contributed by atoms with Gasteiger partial charge in [-0.05, 0) is 72.6 Å². The van der Waals surface area contributed by atoms with Crippen LogP contribution in [0.2, 0.25) is 0 Å². The third kappa shape index (κ3) is 9.70. The summed E-state index contributed by atoms with van der Waals surface area (Å²) in [4.78, 5) is 67.3. The molecule has 2 aromatic heterocycles. The molecular formula is C40H44Cl2N8O6. The number of nitrogens with one attached hydrogen (secondary N) is 3. The van der Waals surface area contributed by atoms with Crippen molar-refractivity contribution in [1.82, 2.24) is 40.2 Å². The number of alkyl carbamates (subject to hydrolysis) is 1. The van der Waals surface area contributed by atoms with Crippen LogP contribution in [0.5, 0.6) is 0 Å². The topological polar surface area (TPSA) is 177 Å². The number of amides is 3. The minimum atomic E-state index is -1.21. The van der Waals surface area contributed by atoms with E-state index in [1.807, 2.05) is 44.2 Å². The quantitative estimate of drug-likeness (QED) is 0.110. The summed E-state index contributed by atoms with van der Waals surface area (Å²) < 4.78 is 4.71.